The Morgan fingerprint density at radius 2 is 1.88 bits per heavy atom. The molecule has 0 amide bonds. The van der Waals surface area contributed by atoms with Gasteiger partial charge in [-0.15, -0.1) is 0 Å². The van der Waals surface area contributed by atoms with Gasteiger partial charge < -0.3 is 5.11 Å². The van der Waals surface area contributed by atoms with Crippen LogP contribution in [0.5, 0.6) is 5.75 Å². The number of hydrogen-bond acceptors (Lipinski definition) is 3. The molecule has 1 aliphatic rings. The van der Waals surface area contributed by atoms with Gasteiger partial charge in [0, 0.05) is 6.54 Å². The summed E-state index contributed by atoms with van der Waals surface area (Å²) >= 11 is 0. The second-order valence-electron chi connectivity index (χ2n) is 4.12. The molecule has 5 heteroatoms. The highest BCUT2D eigenvalue weighted by Gasteiger charge is 2.21. The molecule has 88 valence electrons. The highest BCUT2D eigenvalue weighted by Crippen LogP contribution is 2.31. The third-order valence-corrected chi connectivity index (χ3v) is 4.17. The van der Waals surface area contributed by atoms with Crippen molar-refractivity contribution in [3.05, 3.63) is 24.3 Å². The van der Waals surface area contributed by atoms with E-state index in [-0.39, 0.29) is 10.6 Å². The quantitative estimate of drug-likeness (QED) is 0.820. The van der Waals surface area contributed by atoms with Crippen molar-refractivity contribution in [2.75, 3.05) is 6.54 Å². The van der Waals surface area contributed by atoms with Crippen LogP contribution in [0.25, 0.3) is 0 Å². The van der Waals surface area contributed by atoms with Gasteiger partial charge in [0.1, 0.15) is 5.75 Å². The van der Waals surface area contributed by atoms with E-state index < -0.39 is 10.0 Å². The SMILES string of the molecule is O=S(=O)(NCCC1CC1)c1ccc(O)cc1. The predicted molar refractivity (Wildman–Crippen MR) is 60.6 cm³/mol. The summed E-state index contributed by atoms with van der Waals surface area (Å²) in [7, 11) is -3.41. The van der Waals surface area contributed by atoms with E-state index in [4.69, 9.17) is 5.11 Å². The van der Waals surface area contributed by atoms with E-state index in [1.807, 2.05) is 0 Å². The number of benzene rings is 1. The number of phenols is 1. The van der Waals surface area contributed by atoms with Crippen LogP contribution >= 0.6 is 0 Å². The Bertz CT molecular complexity index is 449. The van der Waals surface area contributed by atoms with Gasteiger partial charge >= 0.3 is 0 Å². The fourth-order valence-corrected chi connectivity index (χ4v) is 2.56. The first-order chi connectivity index (χ1) is 7.58. The van der Waals surface area contributed by atoms with Crippen LogP contribution in [0.3, 0.4) is 0 Å². The molecule has 0 atom stereocenters. The highest BCUT2D eigenvalue weighted by molar-refractivity contribution is 7.89. The molecular formula is C11H15NO3S. The zero-order valence-corrected chi connectivity index (χ0v) is 9.70. The van der Waals surface area contributed by atoms with Gasteiger partial charge in [-0.2, -0.15) is 0 Å². The minimum absolute atomic E-state index is 0.0666. The van der Waals surface area contributed by atoms with Crippen molar-refractivity contribution in [3.63, 3.8) is 0 Å². The molecule has 2 N–H and O–H groups in total. The lowest BCUT2D eigenvalue weighted by molar-refractivity contribution is 0.474. The maximum atomic E-state index is 11.8. The number of hydrogen-bond donors (Lipinski definition) is 2. The third-order valence-electron chi connectivity index (χ3n) is 2.69. The minimum atomic E-state index is -3.41. The highest BCUT2D eigenvalue weighted by atomic mass is 32.2. The molecule has 1 fully saturated rings. The second-order valence-corrected chi connectivity index (χ2v) is 5.89. The van der Waals surface area contributed by atoms with E-state index in [2.05, 4.69) is 4.72 Å². The summed E-state index contributed by atoms with van der Waals surface area (Å²) < 4.78 is 26.1. The summed E-state index contributed by atoms with van der Waals surface area (Å²) in [5.41, 5.74) is 0. The van der Waals surface area contributed by atoms with E-state index in [1.165, 1.54) is 37.1 Å². The second kappa shape index (κ2) is 4.43. The Kier molecular flexibility index (Phi) is 3.16. The summed E-state index contributed by atoms with van der Waals surface area (Å²) in [6.45, 7) is 0.494. The minimum Gasteiger partial charge on any atom is -0.508 e. The lowest BCUT2D eigenvalue weighted by Gasteiger charge is -2.06. The van der Waals surface area contributed by atoms with Crippen LogP contribution < -0.4 is 4.72 Å². The maximum Gasteiger partial charge on any atom is 0.240 e. The molecule has 0 unspecified atom stereocenters. The molecule has 4 nitrogen and oxygen atoms in total. The Balaban J connectivity index is 1.97. The van der Waals surface area contributed by atoms with Crippen LogP contribution in [-0.2, 0) is 10.0 Å². The number of nitrogens with one attached hydrogen (secondary N) is 1. The first-order valence-electron chi connectivity index (χ1n) is 5.36. The van der Waals surface area contributed by atoms with Gasteiger partial charge in [0.15, 0.2) is 0 Å². The maximum absolute atomic E-state index is 11.8. The summed E-state index contributed by atoms with van der Waals surface area (Å²) in [5.74, 6) is 0.777. The summed E-state index contributed by atoms with van der Waals surface area (Å²) in [5, 5.41) is 9.06. The Hall–Kier alpha value is -1.07. The van der Waals surface area contributed by atoms with E-state index in [9.17, 15) is 8.42 Å². The molecule has 16 heavy (non-hydrogen) atoms. The lowest BCUT2D eigenvalue weighted by atomic mass is 10.3. The van der Waals surface area contributed by atoms with E-state index in [0.717, 1.165) is 6.42 Å². The first kappa shape index (κ1) is 11.4. The van der Waals surface area contributed by atoms with Crippen LogP contribution in [0.4, 0.5) is 0 Å². The molecule has 0 spiro atoms. The smallest absolute Gasteiger partial charge is 0.240 e. The molecule has 0 radical (unpaired) electrons. The van der Waals surface area contributed by atoms with Crippen LogP contribution in [-0.4, -0.2) is 20.1 Å². The van der Waals surface area contributed by atoms with Crippen molar-refractivity contribution in [3.8, 4) is 5.75 Å². The summed E-state index contributed by atoms with van der Waals surface area (Å²) in [4.78, 5) is 0.195. The fraction of sp³-hybridized carbons (Fsp3) is 0.455. The van der Waals surface area contributed by atoms with Crippen molar-refractivity contribution in [1.82, 2.24) is 4.72 Å². The van der Waals surface area contributed by atoms with Crippen LogP contribution in [0, 0.1) is 5.92 Å². The van der Waals surface area contributed by atoms with Gasteiger partial charge in [-0.05, 0) is 36.6 Å². The Morgan fingerprint density at radius 3 is 2.44 bits per heavy atom. The monoisotopic (exact) mass is 241 g/mol. The zero-order chi connectivity index (χ0) is 11.6. The average molecular weight is 241 g/mol. The van der Waals surface area contributed by atoms with Gasteiger partial charge in [0.25, 0.3) is 0 Å². The van der Waals surface area contributed by atoms with Gasteiger partial charge in [-0.1, -0.05) is 12.8 Å². The average Bonchev–Trinajstić information content (AvgIpc) is 3.02. The zero-order valence-electron chi connectivity index (χ0n) is 8.89. The molecule has 1 aromatic rings. The van der Waals surface area contributed by atoms with Crippen LogP contribution in [0.15, 0.2) is 29.2 Å². The Labute approximate surface area is 95.4 Å². The van der Waals surface area contributed by atoms with Gasteiger partial charge in [0.05, 0.1) is 4.90 Å². The molecule has 1 aliphatic carbocycles. The normalized spacial score (nSPS) is 16.2. The molecule has 0 bridgehead atoms. The van der Waals surface area contributed by atoms with Gasteiger partial charge in [0.2, 0.25) is 10.0 Å². The third kappa shape index (κ3) is 2.96. The van der Waals surface area contributed by atoms with E-state index >= 15 is 0 Å². The van der Waals surface area contributed by atoms with Crippen molar-refractivity contribution in [2.45, 2.75) is 24.2 Å². The molecule has 0 heterocycles. The van der Waals surface area contributed by atoms with E-state index in [1.54, 1.807) is 0 Å². The standard InChI is InChI=1S/C11H15NO3S/c13-10-3-5-11(6-4-10)16(14,15)12-8-7-9-1-2-9/h3-6,9,12-13H,1-2,7-8H2. The number of aromatic hydroxyl groups is 1. The summed E-state index contributed by atoms with van der Waals surface area (Å²) in [6, 6.07) is 5.54. The number of rotatable bonds is 5. The van der Waals surface area contributed by atoms with Gasteiger partial charge in [-0.25, -0.2) is 13.1 Å². The molecule has 2 rings (SSSR count). The van der Waals surface area contributed by atoms with Gasteiger partial charge in [-0.3, -0.25) is 0 Å². The van der Waals surface area contributed by atoms with Crippen LogP contribution in [0.2, 0.25) is 0 Å². The lowest BCUT2D eigenvalue weighted by Crippen LogP contribution is -2.25. The van der Waals surface area contributed by atoms with Crippen molar-refractivity contribution >= 4 is 10.0 Å². The molecule has 0 saturated heterocycles. The molecule has 1 aromatic carbocycles. The Morgan fingerprint density at radius 1 is 1.25 bits per heavy atom. The molecule has 0 aliphatic heterocycles. The number of phenolic OH excluding ortho intramolecular Hbond substituents is 1. The summed E-state index contributed by atoms with van der Waals surface area (Å²) in [6.07, 6.45) is 3.36. The predicted octanol–water partition coefficient (Wildman–Crippen LogP) is 1.47. The fourth-order valence-electron chi connectivity index (χ4n) is 1.51. The first-order valence-corrected chi connectivity index (χ1v) is 6.85. The largest absolute Gasteiger partial charge is 0.508 e. The van der Waals surface area contributed by atoms with Crippen LogP contribution in [0.1, 0.15) is 19.3 Å². The van der Waals surface area contributed by atoms with Crippen molar-refractivity contribution in [2.24, 2.45) is 5.92 Å². The molecule has 1 saturated carbocycles. The topological polar surface area (TPSA) is 66.4 Å². The van der Waals surface area contributed by atoms with E-state index in [0.29, 0.717) is 12.5 Å². The number of sulfonamides is 1. The molecular weight excluding hydrogens is 226 g/mol. The molecule has 0 aromatic heterocycles. The van der Waals surface area contributed by atoms with Crippen molar-refractivity contribution in [1.29, 1.82) is 0 Å². The van der Waals surface area contributed by atoms with Crippen molar-refractivity contribution < 1.29 is 13.5 Å².